The van der Waals surface area contributed by atoms with E-state index in [1.54, 1.807) is 4.90 Å². The molecule has 4 aliphatic heterocycles. The van der Waals surface area contributed by atoms with E-state index in [1.807, 2.05) is 12.1 Å². The second-order valence-electron chi connectivity index (χ2n) is 8.33. The number of fused-ring (bicyclic) bond motifs is 1. The number of nitrogens with zero attached hydrogens (tertiary/aromatic N) is 2. The Balaban J connectivity index is 1.32. The highest BCUT2D eigenvalue weighted by molar-refractivity contribution is 6.05. The number of anilines is 1. The van der Waals surface area contributed by atoms with E-state index in [0.717, 1.165) is 37.4 Å². The minimum absolute atomic E-state index is 0.0991. The first-order valence-corrected chi connectivity index (χ1v) is 9.78. The van der Waals surface area contributed by atoms with E-state index in [2.05, 4.69) is 21.6 Å². The van der Waals surface area contributed by atoms with E-state index in [9.17, 15) is 14.4 Å². The molecule has 4 heterocycles. The maximum Gasteiger partial charge on any atom is 0.255 e. The number of nitrogens with one attached hydrogen (secondary N) is 2. The fourth-order valence-corrected chi connectivity index (χ4v) is 4.81. The van der Waals surface area contributed by atoms with Gasteiger partial charge in [0.1, 0.15) is 6.04 Å². The van der Waals surface area contributed by atoms with Crippen molar-refractivity contribution < 1.29 is 14.4 Å². The molecule has 1 aromatic carbocycles. The number of imide groups is 1. The minimum atomic E-state index is -0.549. The summed E-state index contributed by atoms with van der Waals surface area (Å²) in [5, 5.41) is 5.74. The molecule has 1 aromatic rings. The Kier molecular flexibility index (Phi) is 3.75. The molecule has 5 rings (SSSR count). The third kappa shape index (κ3) is 2.72. The molecule has 0 saturated carbocycles. The molecule has 0 aliphatic carbocycles. The summed E-state index contributed by atoms with van der Waals surface area (Å²) in [6.45, 7) is 4.74. The van der Waals surface area contributed by atoms with Crippen LogP contribution in [0.2, 0.25) is 0 Å². The van der Waals surface area contributed by atoms with Gasteiger partial charge in [-0.3, -0.25) is 19.7 Å². The molecule has 2 N–H and O–H groups in total. The average Bonchev–Trinajstić information content (AvgIpc) is 2.97. The number of hydrogen-bond donors (Lipinski definition) is 2. The topological polar surface area (TPSA) is 81.8 Å². The summed E-state index contributed by atoms with van der Waals surface area (Å²) in [6.07, 6.45) is 3.06. The molecular formula is C20H24N4O3. The van der Waals surface area contributed by atoms with Crippen LogP contribution in [0.15, 0.2) is 18.2 Å². The van der Waals surface area contributed by atoms with E-state index < -0.39 is 6.04 Å². The molecule has 7 heteroatoms. The molecule has 1 atom stereocenters. The Bertz CT molecular complexity index is 823. The smallest absolute Gasteiger partial charge is 0.255 e. The molecule has 0 bridgehead atoms. The van der Waals surface area contributed by atoms with Crippen LogP contribution in [0, 0.1) is 5.41 Å². The molecule has 7 nitrogen and oxygen atoms in total. The summed E-state index contributed by atoms with van der Waals surface area (Å²) in [6, 6.07) is 5.55. The molecule has 0 radical (unpaired) electrons. The van der Waals surface area contributed by atoms with Crippen molar-refractivity contribution in [2.45, 2.75) is 38.3 Å². The van der Waals surface area contributed by atoms with Gasteiger partial charge in [0.05, 0.1) is 0 Å². The van der Waals surface area contributed by atoms with E-state index in [1.165, 1.54) is 12.8 Å². The van der Waals surface area contributed by atoms with Crippen LogP contribution in [0.4, 0.5) is 5.69 Å². The highest BCUT2D eigenvalue weighted by atomic mass is 16.2. The molecule has 1 spiro atoms. The first-order valence-electron chi connectivity index (χ1n) is 9.78. The van der Waals surface area contributed by atoms with Crippen molar-refractivity contribution in [3.05, 3.63) is 29.3 Å². The van der Waals surface area contributed by atoms with Crippen molar-refractivity contribution in [2.24, 2.45) is 5.41 Å². The second kappa shape index (κ2) is 6.05. The van der Waals surface area contributed by atoms with Crippen LogP contribution in [0.25, 0.3) is 0 Å². The van der Waals surface area contributed by atoms with Crippen LogP contribution in [-0.4, -0.2) is 54.8 Å². The third-order valence-electron chi connectivity index (χ3n) is 6.70. The van der Waals surface area contributed by atoms with Crippen LogP contribution >= 0.6 is 0 Å². The number of rotatable bonds is 2. The van der Waals surface area contributed by atoms with Gasteiger partial charge in [-0.15, -0.1) is 0 Å². The average molecular weight is 368 g/mol. The number of benzene rings is 1. The maximum absolute atomic E-state index is 13.0. The van der Waals surface area contributed by atoms with Crippen molar-refractivity contribution in [3.63, 3.8) is 0 Å². The quantitative estimate of drug-likeness (QED) is 0.749. The van der Waals surface area contributed by atoms with Crippen molar-refractivity contribution in [3.8, 4) is 0 Å². The van der Waals surface area contributed by atoms with Crippen molar-refractivity contribution >= 4 is 23.4 Å². The van der Waals surface area contributed by atoms with E-state index in [-0.39, 0.29) is 24.1 Å². The van der Waals surface area contributed by atoms with Gasteiger partial charge in [-0.25, -0.2) is 0 Å². The summed E-state index contributed by atoms with van der Waals surface area (Å²) >= 11 is 0. The highest BCUT2D eigenvalue weighted by Gasteiger charge is 2.41. The van der Waals surface area contributed by atoms with Crippen LogP contribution in [0.5, 0.6) is 0 Å². The summed E-state index contributed by atoms with van der Waals surface area (Å²) < 4.78 is 0. The first kappa shape index (κ1) is 16.7. The molecule has 0 aromatic heterocycles. The molecule has 142 valence electrons. The summed E-state index contributed by atoms with van der Waals surface area (Å²) in [7, 11) is 0. The first-order chi connectivity index (χ1) is 13.0. The number of amides is 3. The van der Waals surface area contributed by atoms with Gasteiger partial charge in [-0.05, 0) is 42.4 Å². The van der Waals surface area contributed by atoms with Crippen molar-refractivity contribution in [2.75, 3.05) is 31.1 Å². The van der Waals surface area contributed by atoms with E-state index >= 15 is 0 Å². The lowest BCUT2D eigenvalue weighted by Crippen LogP contribution is -2.58. The van der Waals surface area contributed by atoms with Gasteiger partial charge in [0.2, 0.25) is 11.8 Å². The monoisotopic (exact) mass is 368 g/mol. The maximum atomic E-state index is 13.0. The normalized spacial score (nSPS) is 26.8. The largest absolute Gasteiger partial charge is 0.371 e. The third-order valence-corrected chi connectivity index (χ3v) is 6.70. The summed E-state index contributed by atoms with van der Waals surface area (Å²) in [5.74, 6) is -0.715. The molecule has 3 amide bonds. The second-order valence-corrected chi connectivity index (χ2v) is 8.33. The van der Waals surface area contributed by atoms with Gasteiger partial charge in [-0.2, -0.15) is 0 Å². The van der Waals surface area contributed by atoms with Gasteiger partial charge in [0, 0.05) is 50.4 Å². The van der Waals surface area contributed by atoms with Crippen LogP contribution < -0.4 is 15.5 Å². The molecule has 4 aliphatic rings. The molecule has 3 saturated heterocycles. The van der Waals surface area contributed by atoms with Crippen LogP contribution in [0.3, 0.4) is 0 Å². The Morgan fingerprint density at radius 1 is 1.07 bits per heavy atom. The van der Waals surface area contributed by atoms with E-state index in [4.69, 9.17) is 0 Å². The predicted molar refractivity (Wildman–Crippen MR) is 99.2 cm³/mol. The molecule has 3 fully saturated rings. The Morgan fingerprint density at radius 3 is 2.52 bits per heavy atom. The lowest BCUT2D eigenvalue weighted by molar-refractivity contribution is -0.136. The Hall–Kier alpha value is -2.41. The van der Waals surface area contributed by atoms with Crippen LogP contribution in [0.1, 0.15) is 41.6 Å². The standard InChI is InChI=1S/C20H24N4O3/c25-17-4-3-16(18(26)22-17)24-10-13-1-2-14(9-15(13)19(24)27)23-7-5-20(6-8-23)11-21-12-20/h1-2,9,16,21H,3-8,10-12H2,(H,22,25,26)/t16-/m1/s1. The van der Waals surface area contributed by atoms with E-state index in [0.29, 0.717) is 23.9 Å². The molecule has 0 unspecified atom stereocenters. The van der Waals surface area contributed by atoms with Gasteiger partial charge >= 0.3 is 0 Å². The van der Waals surface area contributed by atoms with Gasteiger partial charge in [0.25, 0.3) is 5.91 Å². The van der Waals surface area contributed by atoms with Crippen molar-refractivity contribution in [1.82, 2.24) is 15.5 Å². The zero-order valence-corrected chi connectivity index (χ0v) is 15.3. The lowest BCUT2D eigenvalue weighted by atomic mass is 9.73. The fraction of sp³-hybridized carbons (Fsp3) is 0.550. The zero-order valence-electron chi connectivity index (χ0n) is 15.3. The van der Waals surface area contributed by atoms with Gasteiger partial charge in [0.15, 0.2) is 0 Å². The van der Waals surface area contributed by atoms with Gasteiger partial charge < -0.3 is 15.1 Å². The molecule has 27 heavy (non-hydrogen) atoms. The van der Waals surface area contributed by atoms with Gasteiger partial charge in [-0.1, -0.05) is 6.07 Å². The summed E-state index contributed by atoms with van der Waals surface area (Å²) in [4.78, 5) is 40.5. The summed E-state index contributed by atoms with van der Waals surface area (Å²) in [5.41, 5.74) is 3.24. The molecular weight excluding hydrogens is 344 g/mol. The number of carbonyl (C=O) groups excluding carboxylic acids is 3. The van der Waals surface area contributed by atoms with Crippen LogP contribution in [-0.2, 0) is 16.1 Å². The lowest BCUT2D eigenvalue weighted by Gasteiger charge is -2.49. The SMILES string of the molecule is O=C1CC[C@@H](N2Cc3ccc(N4CCC5(CC4)CNC5)cc3C2=O)C(=O)N1. The van der Waals surface area contributed by atoms with Crippen molar-refractivity contribution in [1.29, 1.82) is 0 Å². The Morgan fingerprint density at radius 2 is 1.85 bits per heavy atom. The Labute approximate surface area is 158 Å². The number of carbonyl (C=O) groups is 3. The zero-order chi connectivity index (χ0) is 18.6. The minimum Gasteiger partial charge on any atom is -0.371 e. The predicted octanol–water partition coefficient (Wildman–Crippen LogP) is 0.637. The highest BCUT2D eigenvalue weighted by Crippen LogP contribution is 2.37. The number of hydrogen-bond acceptors (Lipinski definition) is 5. The number of piperidine rings is 2. The fourth-order valence-electron chi connectivity index (χ4n) is 4.81.